The fourth-order valence-corrected chi connectivity index (χ4v) is 0.366. The fraction of sp³-hybridized carbons (Fsp3) is 0.700. The molecule has 0 amide bonds. The Labute approximate surface area is 90.1 Å². The molecule has 0 unspecified atom stereocenters. The number of carboxylic acid groups (broad SMARTS) is 1. The van der Waals surface area contributed by atoms with E-state index in [1.807, 2.05) is 5.92 Å². The molecule has 0 aromatic rings. The molecule has 0 saturated heterocycles. The number of carboxylic acids is 1. The van der Waals surface area contributed by atoms with Gasteiger partial charge in [-0.15, -0.1) is 23.9 Å². The van der Waals surface area contributed by atoms with Crippen LogP contribution in [0.25, 0.3) is 0 Å². The molecular formula is C10H17ClO3. The molecule has 82 valence electrons. The molecular weight excluding hydrogens is 204 g/mol. The van der Waals surface area contributed by atoms with E-state index in [0.717, 1.165) is 5.92 Å². The van der Waals surface area contributed by atoms with Gasteiger partial charge in [0.05, 0.1) is 0 Å². The van der Waals surface area contributed by atoms with E-state index in [0.29, 0.717) is 0 Å². The van der Waals surface area contributed by atoms with E-state index in [1.54, 1.807) is 0 Å². The van der Waals surface area contributed by atoms with E-state index in [4.69, 9.17) is 16.6 Å². The van der Waals surface area contributed by atoms with Crippen LogP contribution in [0.3, 0.4) is 0 Å². The van der Waals surface area contributed by atoms with E-state index < -0.39 is 12.1 Å². The van der Waals surface area contributed by atoms with Crippen LogP contribution in [0.15, 0.2) is 0 Å². The number of rotatable bonds is 2. The SMILES string of the molecule is C#CC[C@@H](O)C(=O)O.CC1CC1.CCl. The van der Waals surface area contributed by atoms with Crippen molar-refractivity contribution in [3.63, 3.8) is 0 Å². The van der Waals surface area contributed by atoms with Gasteiger partial charge in [0.1, 0.15) is 0 Å². The molecule has 0 aromatic carbocycles. The molecule has 1 atom stereocenters. The Kier molecular flexibility index (Phi) is 11.6. The minimum atomic E-state index is -1.40. The number of alkyl halides is 1. The van der Waals surface area contributed by atoms with Crippen LogP contribution in [0, 0.1) is 18.3 Å². The fourth-order valence-electron chi connectivity index (χ4n) is 0.366. The highest BCUT2D eigenvalue weighted by atomic mass is 35.5. The molecule has 2 N–H and O–H groups in total. The van der Waals surface area contributed by atoms with Crippen molar-refractivity contribution in [1.29, 1.82) is 0 Å². The number of aliphatic hydroxyl groups excluding tert-OH is 1. The third-order valence-corrected chi connectivity index (χ3v) is 1.46. The summed E-state index contributed by atoms with van der Waals surface area (Å²) in [7, 11) is 0. The summed E-state index contributed by atoms with van der Waals surface area (Å²) in [5.41, 5.74) is 0. The van der Waals surface area contributed by atoms with Crippen molar-refractivity contribution >= 4 is 17.6 Å². The first kappa shape index (κ1) is 15.7. The summed E-state index contributed by atoms with van der Waals surface area (Å²) in [5.74, 6) is 1.83. The molecule has 0 spiro atoms. The summed E-state index contributed by atoms with van der Waals surface area (Å²) in [6.07, 6.45) is 7.61. The summed E-state index contributed by atoms with van der Waals surface area (Å²) in [5, 5.41) is 16.4. The number of hydrogen-bond donors (Lipinski definition) is 2. The van der Waals surface area contributed by atoms with E-state index >= 15 is 0 Å². The minimum Gasteiger partial charge on any atom is -0.479 e. The van der Waals surface area contributed by atoms with Gasteiger partial charge in [0.15, 0.2) is 6.10 Å². The topological polar surface area (TPSA) is 57.5 Å². The lowest BCUT2D eigenvalue weighted by Gasteiger charge is -1.95. The Morgan fingerprint density at radius 3 is 2.07 bits per heavy atom. The maximum Gasteiger partial charge on any atom is 0.333 e. The number of aliphatic hydroxyl groups is 1. The first-order chi connectivity index (χ1) is 6.57. The summed E-state index contributed by atoms with van der Waals surface area (Å²) < 4.78 is 0. The normalized spacial score (nSPS) is 14.8. The average molecular weight is 221 g/mol. The summed E-state index contributed by atoms with van der Waals surface area (Å²) in [4.78, 5) is 9.74. The highest BCUT2D eigenvalue weighted by molar-refractivity contribution is 6.15. The molecule has 1 saturated carbocycles. The smallest absolute Gasteiger partial charge is 0.333 e. The maximum atomic E-state index is 9.74. The van der Waals surface area contributed by atoms with Crippen LogP contribution in [0.1, 0.15) is 26.2 Å². The van der Waals surface area contributed by atoms with Gasteiger partial charge in [0.25, 0.3) is 0 Å². The highest BCUT2D eigenvalue weighted by Crippen LogP contribution is 2.26. The molecule has 0 aliphatic heterocycles. The molecule has 0 bridgehead atoms. The van der Waals surface area contributed by atoms with Gasteiger partial charge >= 0.3 is 5.97 Å². The lowest BCUT2D eigenvalue weighted by molar-refractivity contribution is -0.146. The molecule has 14 heavy (non-hydrogen) atoms. The van der Waals surface area contributed by atoms with Crippen molar-refractivity contribution < 1.29 is 15.0 Å². The van der Waals surface area contributed by atoms with Gasteiger partial charge < -0.3 is 10.2 Å². The standard InChI is InChI=1S/C5H6O3.C4H8.CH3Cl/c1-2-3-4(6)5(7)8;1-4-2-3-4;1-2/h1,4,6H,3H2,(H,7,8);4H,2-3H2,1H3;1H3/t4-;;/m1../s1. The zero-order chi connectivity index (χ0) is 11.6. The molecule has 1 aliphatic carbocycles. The first-order valence-corrected chi connectivity index (χ1v) is 5.05. The van der Waals surface area contributed by atoms with Crippen molar-refractivity contribution in [3.8, 4) is 12.3 Å². The Bertz CT molecular complexity index is 182. The van der Waals surface area contributed by atoms with Crippen LogP contribution in [-0.2, 0) is 4.79 Å². The molecule has 1 fully saturated rings. The predicted molar refractivity (Wildman–Crippen MR) is 57.3 cm³/mol. The number of terminal acetylenes is 1. The van der Waals surface area contributed by atoms with Crippen molar-refractivity contribution in [2.24, 2.45) is 5.92 Å². The Hall–Kier alpha value is -0.720. The second-order valence-corrected chi connectivity index (χ2v) is 2.94. The predicted octanol–water partition coefficient (Wildman–Crippen LogP) is 1.73. The van der Waals surface area contributed by atoms with Gasteiger partial charge in [-0.1, -0.05) is 19.8 Å². The highest BCUT2D eigenvalue weighted by Gasteiger charge is 2.12. The van der Waals surface area contributed by atoms with Crippen LogP contribution < -0.4 is 0 Å². The zero-order valence-corrected chi connectivity index (χ0v) is 9.29. The lowest BCUT2D eigenvalue weighted by atomic mass is 10.3. The van der Waals surface area contributed by atoms with Crippen molar-refractivity contribution in [2.45, 2.75) is 32.3 Å². The summed E-state index contributed by atoms with van der Waals surface area (Å²) >= 11 is 4.64. The molecule has 3 nitrogen and oxygen atoms in total. The number of halogens is 1. The van der Waals surface area contributed by atoms with Gasteiger partial charge in [-0.2, -0.15) is 0 Å². The van der Waals surface area contributed by atoms with E-state index in [-0.39, 0.29) is 6.42 Å². The van der Waals surface area contributed by atoms with Crippen molar-refractivity contribution in [3.05, 3.63) is 0 Å². The quantitative estimate of drug-likeness (QED) is 0.551. The van der Waals surface area contributed by atoms with E-state index in [1.165, 1.54) is 19.2 Å². The number of hydrogen-bond acceptors (Lipinski definition) is 2. The van der Waals surface area contributed by atoms with Crippen LogP contribution >= 0.6 is 11.6 Å². The van der Waals surface area contributed by atoms with Crippen LogP contribution in [-0.4, -0.2) is 28.7 Å². The largest absolute Gasteiger partial charge is 0.479 e. The third kappa shape index (κ3) is 13.8. The molecule has 0 heterocycles. The van der Waals surface area contributed by atoms with Gasteiger partial charge in [0, 0.05) is 12.8 Å². The minimum absolute atomic E-state index is 0.130. The average Bonchev–Trinajstić information content (AvgIpc) is 2.92. The van der Waals surface area contributed by atoms with Gasteiger partial charge in [0.2, 0.25) is 0 Å². The van der Waals surface area contributed by atoms with Crippen LogP contribution in [0.2, 0.25) is 0 Å². The maximum absolute atomic E-state index is 9.74. The molecule has 1 aliphatic rings. The lowest BCUT2D eigenvalue weighted by Crippen LogP contribution is -2.17. The summed E-state index contributed by atoms with van der Waals surface area (Å²) in [6.45, 7) is 2.28. The second-order valence-electron chi connectivity index (χ2n) is 2.94. The zero-order valence-electron chi connectivity index (χ0n) is 8.53. The Morgan fingerprint density at radius 2 is 2.00 bits per heavy atom. The van der Waals surface area contributed by atoms with Crippen molar-refractivity contribution in [2.75, 3.05) is 6.38 Å². The number of aliphatic carboxylic acids is 1. The van der Waals surface area contributed by atoms with Crippen molar-refractivity contribution in [1.82, 2.24) is 0 Å². The molecule has 0 radical (unpaired) electrons. The monoisotopic (exact) mass is 220 g/mol. The Morgan fingerprint density at radius 1 is 1.64 bits per heavy atom. The van der Waals surface area contributed by atoms with Gasteiger partial charge in [-0.3, -0.25) is 0 Å². The van der Waals surface area contributed by atoms with Gasteiger partial charge in [-0.25, -0.2) is 4.79 Å². The third-order valence-electron chi connectivity index (χ3n) is 1.46. The first-order valence-electron chi connectivity index (χ1n) is 4.30. The number of carbonyl (C=O) groups is 1. The molecule has 4 heteroatoms. The molecule has 0 aromatic heterocycles. The van der Waals surface area contributed by atoms with Gasteiger partial charge in [-0.05, 0) is 5.92 Å². The molecule has 1 rings (SSSR count). The van der Waals surface area contributed by atoms with Crippen LogP contribution in [0.5, 0.6) is 0 Å². The van der Waals surface area contributed by atoms with E-state index in [9.17, 15) is 4.79 Å². The summed E-state index contributed by atoms with van der Waals surface area (Å²) in [6, 6.07) is 0. The van der Waals surface area contributed by atoms with E-state index in [2.05, 4.69) is 18.5 Å². The van der Waals surface area contributed by atoms with Crippen LogP contribution in [0.4, 0.5) is 0 Å². The second kappa shape index (κ2) is 10.4. The Balaban J connectivity index is 0.